The fourth-order valence-corrected chi connectivity index (χ4v) is 1.62. The van der Waals surface area contributed by atoms with Crippen LogP contribution in [0.4, 0.5) is 18.9 Å². The van der Waals surface area contributed by atoms with Gasteiger partial charge in [-0.15, -0.1) is 13.2 Å². The third-order valence-electron chi connectivity index (χ3n) is 1.64. The lowest BCUT2D eigenvalue weighted by atomic mass is 10.3. The van der Waals surface area contributed by atoms with Gasteiger partial charge in [-0.3, -0.25) is 0 Å². The van der Waals surface area contributed by atoms with E-state index in [2.05, 4.69) is 48.5 Å². The van der Waals surface area contributed by atoms with E-state index in [4.69, 9.17) is 0 Å². The topological polar surface area (TPSA) is 21.3 Å². The molecule has 0 heterocycles. The summed E-state index contributed by atoms with van der Waals surface area (Å²) in [5, 5.41) is 2.96. The molecule has 0 unspecified atom stereocenters. The molecule has 1 aromatic rings. The third-order valence-corrected chi connectivity index (χ3v) is 2.54. The van der Waals surface area contributed by atoms with Gasteiger partial charge in [-0.25, -0.2) is 0 Å². The van der Waals surface area contributed by atoms with E-state index >= 15 is 0 Å². The molecular weight excluding hydrogens is 367 g/mol. The average molecular weight is 375 g/mol. The zero-order valence-corrected chi connectivity index (χ0v) is 11.6. The van der Waals surface area contributed by atoms with Crippen LogP contribution < -0.4 is 10.1 Å². The number of hydrogen-bond acceptors (Lipinski definition) is 2. The summed E-state index contributed by atoms with van der Waals surface area (Å²) in [4.78, 5) is 0. The lowest BCUT2D eigenvalue weighted by Crippen LogP contribution is -2.17. The van der Waals surface area contributed by atoms with Crippen LogP contribution in [0.25, 0.3) is 0 Å². The summed E-state index contributed by atoms with van der Waals surface area (Å²) < 4.78 is 40.8. The Hall–Kier alpha value is -0.690. The molecule has 0 spiro atoms. The summed E-state index contributed by atoms with van der Waals surface area (Å²) in [5.74, 6) is -0.277. The second-order valence-electron chi connectivity index (χ2n) is 3.06. The SMILES string of the molecule is C=C(Br)CNc1ccc(OC(F)(F)F)c(Br)c1. The highest BCUT2D eigenvalue weighted by atomic mass is 79.9. The quantitative estimate of drug-likeness (QED) is 0.826. The van der Waals surface area contributed by atoms with Crippen molar-refractivity contribution < 1.29 is 17.9 Å². The average Bonchev–Trinajstić information content (AvgIpc) is 2.17. The van der Waals surface area contributed by atoms with Crippen LogP contribution in [-0.2, 0) is 0 Å². The van der Waals surface area contributed by atoms with Gasteiger partial charge in [0.05, 0.1) is 4.47 Å². The molecule has 1 aromatic carbocycles. The fraction of sp³-hybridized carbons (Fsp3) is 0.200. The molecule has 0 atom stereocenters. The van der Waals surface area contributed by atoms with Crippen LogP contribution in [0.15, 0.2) is 33.7 Å². The Balaban J connectivity index is 2.76. The van der Waals surface area contributed by atoms with Gasteiger partial charge in [0.25, 0.3) is 0 Å². The largest absolute Gasteiger partial charge is 0.573 e. The number of benzene rings is 1. The number of halogens is 5. The molecule has 0 aromatic heterocycles. The lowest BCUT2D eigenvalue weighted by molar-refractivity contribution is -0.274. The predicted molar refractivity (Wildman–Crippen MR) is 67.4 cm³/mol. The molecule has 0 aliphatic heterocycles. The first-order chi connectivity index (χ1) is 7.78. The zero-order valence-electron chi connectivity index (χ0n) is 8.44. The van der Waals surface area contributed by atoms with Crippen molar-refractivity contribution in [2.75, 3.05) is 11.9 Å². The van der Waals surface area contributed by atoms with E-state index in [1.54, 1.807) is 0 Å². The van der Waals surface area contributed by atoms with E-state index in [9.17, 15) is 13.2 Å². The molecule has 94 valence electrons. The Kier molecular flexibility index (Phi) is 4.88. The van der Waals surface area contributed by atoms with Crippen molar-refractivity contribution in [1.82, 2.24) is 0 Å². The van der Waals surface area contributed by atoms with Crippen LogP contribution in [0.5, 0.6) is 5.75 Å². The highest BCUT2D eigenvalue weighted by Gasteiger charge is 2.31. The Morgan fingerprint density at radius 2 is 2.06 bits per heavy atom. The minimum absolute atomic E-state index is 0.222. The van der Waals surface area contributed by atoms with E-state index in [0.29, 0.717) is 12.2 Å². The normalized spacial score (nSPS) is 11.1. The first-order valence-electron chi connectivity index (χ1n) is 4.40. The summed E-state index contributed by atoms with van der Waals surface area (Å²) in [6, 6.07) is 4.22. The lowest BCUT2D eigenvalue weighted by Gasteiger charge is -2.12. The molecule has 17 heavy (non-hydrogen) atoms. The van der Waals surface area contributed by atoms with Crippen molar-refractivity contribution in [3.05, 3.63) is 33.7 Å². The molecule has 1 rings (SSSR count). The third kappa shape index (κ3) is 5.45. The smallest absolute Gasteiger partial charge is 0.405 e. The Bertz CT molecular complexity index is 421. The maximum Gasteiger partial charge on any atom is 0.573 e. The highest BCUT2D eigenvalue weighted by molar-refractivity contribution is 9.11. The molecule has 0 amide bonds. The van der Waals surface area contributed by atoms with Gasteiger partial charge in [-0.05, 0) is 34.1 Å². The van der Waals surface area contributed by atoms with Crippen molar-refractivity contribution in [2.45, 2.75) is 6.36 Å². The fourth-order valence-electron chi connectivity index (χ4n) is 1.02. The van der Waals surface area contributed by atoms with E-state index in [1.165, 1.54) is 18.2 Å². The zero-order chi connectivity index (χ0) is 13.1. The van der Waals surface area contributed by atoms with Gasteiger partial charge in [0, 0.05) is 16.7 Å². The highest BCUT2D eigenvalue weighted by Crippen LogP contribution is 2.32. The second kappa shape index (κ2) is 5.77. The second-order valence-corrected chi connectivity index (χ2v) is 5.04. The van der Waals surface area contributed by atoms with E-state index in [0.717, 1.165) is 4.48 Å². The van der Waals surface area contributed by atoms with Crippen LogP contribution in [0.1, 0.15) is 0 Å². The monoisotopic (exact) mass is 373 g/mol. The van der Waals surface area contributed by atoms with Crippen LogP contribution in [-0.4, -0.2) is 12.9 Å². The van der Waals surface area contributed by atoms with Crippen molar-refractivity contribution in [3.8, 4) is 5.75 Å². The first-order valence-corrected chi connectivity index (χ1v) is 5.99. The number of hydrogen-bond donors (Lipinski definition) is 1. The van der Waals surface area contributed by atoms with Crippen LogP contribution in [0.2, 0.25) is 0 Å². The molecule has 0 saturated heterocycles. The van der Waals surface area contributed by atoms with Gasteiger partial charge in [-0.1, -0.05) is 22.5 Å². The first kappa shape index (κ1) is 14.4. The minimum atomic E-state index is -4.69. The Labute approximate surface area is 113 Å². The molecule has 1 N–H and O–H groups in total. The number of ether oxygens (including phenoxy) is 1. The standard InChI is InChI=1S/C10H8Br2F3NO/c1-6(11)5-16-7-2-3-9(8(12)4-7)17-10(13,14)15/h2-4,16H,1,5H2. The van der Waals surface area contributed by atoms with Crippen molar-refractivity contribution >= 4 is 37.5 Å². The van der Waals surface area contributed by atoms with Gasteiger partial charge in [-0.2, -0.15) is 0 Å². The molecule has 2 nitrogen and oxygen atoms in total. The van der Waals surface area contributed by atoms with Crippen molar-refractivity contribution in [1.29, 1.82) is 0 Å². The molecule has 7 heteroatoms. The molecule has 0 aliphatic carbocycles. The van der Waals surface area contributed by atoms with Gasteiger partial charge in [0.2, 0.25) is 0 Å². The molecular formula is C10H8Br2F3NO. The maximum atomic E-state index is 12.0. The maximum absolute atomic E-state index is 12.0. The molecule has 0 aliphatic rings. The van der Waals surface area contributed by atoms with E-state index < -0.39 is 6.36 Å². The van der Waals surface area contributed by atoms with E-state index in [-0.39, 0.29) is 10.2 Å². The van der Waals surface area contributed by atoms with Gasteiger partial charge in [0.15, 0.2) is 0 Å². The summed E-state index contributed by atoms with van der Waals surface area (Å²) in [6.45, 7) is 4.11. The molecule has 0 bridgehead atoms. The molecule has 0 saturated carbocycles. The number of alkyl halides is 3. The summed E-state index contributed by atoms with van der Waals surface area (Å²) in [5.41, 5.74) is 0.659. The minimum Gasteiger partial charge on any atom is -0.405 e. The van der Waals surface area contributed by atoms with Crippen LogP contribution in [0, 0.1) is 0 Å². The Morgan fingerprint density at radius 1 is 1.41 bits per heavy atom. The van der Waals surface area contributed by atoms with Gasteiger partial charge in [0.1, 0.15) is 5.75 Å². The summed E-state index contributed by atoms with van der Waals surface area (Å²) in [7, 11) is 0. The van der Waals surface area contributed by atoms with E-state index in [1.807, 2.05) is 0 Å². The molecule has 0 radical (unpaired) electrons. The Morgan fingerprint density at radius 3 is 2.53 bits per heavy atom. The predicted octanol–water partition coefficient (Wildman–Crippen LogP) is 4.67. The van der Waals surface area contributed by atoms with Crippen LogP contribution >= 0.6 is 31.9 Å². The summed E-state index contributed by atoms with van der Waals surface area (Å²) >= 11 is 6.17. The number of rotatable bonds is 4. The summed E-state index contributed by atoms with van der Waals surface area (Å²) in [6.07, 6.45) is -4.69. The van der Waals surface area contributed by atoms with Crippen molar-refractivity contribution in [2.24, 2.45) is 0 Å². The van der Waals surface area contributed by atoms with Gasteiger partial charge >= 0.3 is 6.36 Å². The van der Waals surface area contributed by atoms with Crippen molar-refractivity contribution in [3.63, 3.8) is 0 Å². The number of nitrogens with one attached hydrogen (secondary N) is 1. The molecule has 0 fully saturated rings. The van der Waals surface area contributed by atoms with Gasteiger partial charge < -0.3 is 10.1 Å². The van der Waals surface area contributed by atoms with Crippen LogP contribution in [0.3, 0.4) is 0 Å². The number of anilines is 1.